The van der Waals surface area contributed by atoms with Crippen LogP contribution in [0.15, 0.2) is 42.5 Å². The van der Waals surface area contributed by atoms with Crippen molar-refractivity contribution in [2.75, 3.05) is 17.2 Å². The summed E-state index contributed by atoms with van der Waals surface area (Å²) >= 11 is 6.29. The van der Waals surface area contributed by atoms with Crippen molar-refractivity contribution < 1.29 is 0 Å². The fourth-order valence-corrected chi connectivity index (χ4v) is 2.45. The van der Waals surface area contributed by atoms with Crippen molar-refractivity contribution >= 4 is 23.0 Å². The maximum Gasteiger partial charge on any atom is 0.0660 e. The molecule has 0 amide bonds. The summed E-state index contributed by atoms with van der Waals surface area (Å²) in [4.78, 5) is 2.25. The molecule has 0 atom stereocenters. The molecule has 0 aliphatic carbocycles. The van der Waals surface area contributed by atoms with Crippen molar-refractivity contribution in [3.05, 3.63) is 58.6 Å². The normalized spacial score (nSPS) is 10.5. The van der Waals surface area contributed by atoms with Crippen LogP contribution in [0, 0.1) is 6.92 Å². The van der Waals surface area contributed by atoms with Gasteiger partial charge in [0, 0.05) is 18.8 Å². The van der Waals surface area contributed by atoms with E-state index in [1.165, 1.54) is 11.1 Å². The summed E-state index contributed by atoms with van der Waals surface area (Å²) in [5, 5.41) is 0.704. The predicted molar refractivity (Wildman–Crippen MR) is 83.8 cm³/mol. The lowest BCUT2D eigenvalue weighted by atomic mass is 10.1. The maximum absolute atomic E-state index is 6.29. The minimum absolute atomic E-state index is 0.695. The number of nitrogens with two attached hydrogens (primary N) is 1. The molecule has 2 nitrogen and oxygen atoms in total. The number of nitrogen functional groups attached to an aromatic ring is 1. The van der Waals surface area contributed by atoms with Crippen LogP contribution in [-0.4, -0.2) is 6.54 Å². The molecule has 0 aromatic heterocycles. The predicted octanol–water partition coefficient (Wildman–Crippen LogP) is 4.26. The van der Waals surface area contributed by atoms with Gasteiger partial charge in [0.1, 0.15) is 0 Å². The van der Waals surface area contributed by atoms with Gasteiger partial charge < -0.3 is 10.6 Å². The van der Waals surface area contributed by atoms with Gasteiger partial charge in [-0.05, 0) is 43.2 Å². The molecule has 0 bridgehead atoms. The van der Waals surface area contributed by atoms with Crippen molar-refractivity contribution in [3.8, 4) is 0 Å². The van der Waals surface area contributed by atoms with Crippen LogP contribution in [0.25, 0.3) is 0 Å². The molecule has 0 aliphatic rings. The summed E-state index contributed by atoms with van der Waals surface area (Å²) in [5.74, 6) is 0. The second-order valence-electron chi connectivity index (χ2n) is 4.65. The van der Waals surface area contributed by atoms with E-state index in [2.05, 4.69) is 43.0 Å². The van der Waals surface area contributed by atoms with Gasteiger partial charge in [0.2, 0.25) is 0 Å². The molecule has 2 N–H and O–H groups in total. The van der Waals surface area contributed by atoms with Gasteiger partial charge in [-0.2, -0.15) is 0 Å². The van der Waals surface area contributed by atoms with Crippen LogP contribution in [0.3, 0.4) is 0 Å². The van der Waals surface area contributed by atoms with Crippen molar-refractivity contribution in [3.63, 3.8) is 0 Å². The topological polar surface area (TPSA) is 29.3 Å². The Hall–Kier alpha value is -1.67. The number of rotatable bonds is 4. The SMILES string of the molecule is CCN(Cc1ccccc1C)c1ccc(N)cc1Cl. The van der Waals surface area contributed by atoms with Crippen LogP contribution in [0.5, 0.6) is 0 Å². The van der Waals surface area contributed by atoms with E-state index in [-0.39, 0.29) is 0 Å². The quantitative estimate of drug-likeness (QED) is 0.844. The first kappa shape index (κ1) is 13.8. The molecular weight excluding hydrogens is 256 g/mol. The van der Waals surface area contributed by atoms with E-state index in [0.29, 0.717) is 10.7 Å². The number of hydrogen-bond acceptors (Lipinski definition) is 2. The summed E-state index contributed by atoms with van der Waals surface area (Å²) in [6.45, 7) is 6.02. The number of benzene rings is 2. The summed E-state index contributed by atoms with van der Waals surface area (Å²) in [6.07, 6.45) is 0. The van der Waals surface area contributed by atoms with Gasteiger partial charge in [-0.15, -0.1) is 0 Å². The molecule has 2 aromatic rings. The molecule has 0 radical (unpaired) electrons. The molecule has 0 heterocycles. The second kappa shape index (κ2) is 5.98. The fraction of sp³-hybridized carbons (Fsp3) is 0.250. The van der Waals surface area contributed by atoms with E-state index in [0.717, 1.165) is 18.8 Å². The van der Waals surface area contributed by atoms with E-state index in [4.69, 9.17) is 17.3 Å². The molecule has 0 spiro atoms. The van der Waals surface area contributed by atoms with E-state index >= 15 is 0 Å². The highest BCUT2D eigenvalue weighted by molar-refractivity contribution is 6.33. The zero-order valence-electron chi connectivity index (χ0n) is 11.4. The van der Waals surface area contributed by atoms with Gasteiger partial charge in [-0.25, -0.2) is 0 Å². The Balaban J connectivity index is 2.28. The van der Waals surface area contributed by atoms with E-state index in [1.54, 1.807) is 6.07 Å². The highest BCUT2D eigenvalue weighted by atomic mass is 35.5. The number of halogens is 1. The van der Waals surface area contributed by atoms with Crippen LogP contribution in [0.4, 0.5) is 11.4 Å². The van der Waals surface area contributed by atoms with Crippen LogP contribution < -0.4 is 10.6 Å². The molecular formula is C16H19ClN2. The van der Waals surface area contributed by atoms with Gasteiger partial charge in [-0.3, -0.25) is 0 Å². The highest BCUT2D eigenvalue weighted by Crippen LogP contribution is 2.29. The van der Waals surface area contributed by atoms with Crippen molar-refractivity contribution in [1.29, 1.82) is 0 Å². The van der Waals surface area contributed by atoms with Crippen LogP contribution in [0.1, 0.15) is 18.1 Å². The lowest BCUT2D eigenvalue weighted by molar-refractivity contribution is 0.827. The first-order chi connectivity index (χ1) is 9.11. The first-order valence-electron chi connectivity index (χ1n) is 6.46. The lowest BCUT2D eigenvalue weighted by Crippen LogP contribution is -2.22. The monoisotopic (exact) mass is 274 g/mol. The van der Waals surface area contributed by atoms with Crippen molar-refractivity contribution in [1.82, 2.24) is 0 Å². The van der Waals surface area contributed by atoms with Crippen molar-refractivity contribution in [2.45, 2.75) is 20.4 Å². The van der Waals surface area contributed by atoms with Crippen LogP contribution in [0.2, 0.25) is 5.02 Å². The van der Waals surface area contributed by atoms with Gasteiger partial charge in [0.25, 0.3) is 0 Å². The Morgan fingerprint density at radius 3 is 2.53 bits per heavy atom. The third-order valence-electron chi connectivity index (χ3n) is 3.32. The zero-order valence-corrected chi connectivity index (χ0v) is 12.1. The number of aryl methyl sites for hydroxylation is 1. The summed E-state index contributed by atoms with van der Waals surface area (Å²) in [7, 11) is 0. The van der Waals surface area contributed by atoms with E-state index in [1.807, 2.05) is 12.1 Å². The molecule has 0 aliphatic heterocycles. The standard InChI is InChI=1S/C16H19ClN2/c1-3-19(11-13-7-5-4-6-12(13)2)16-9-8-14(18)10-15(16)17/h4-10H,3,11,18H2,1-2H3. The molecule has 0 fully saturated rings. The van der Waals surface area contributed by atoms with Crippen LogP contribution >= 0.6 is 11.6 Å². The molecule has 100 valence electrons. The molecule has 0 unspecified atom stereocenters. The molecule has 3 heteroatoms. The molecule has 2 aromatic carbocycles. The minimum atomic E-state index is 0.695. The molecule has 0 saturated heterocycles. The number of hydrogen-bond donors (Lipinski definition) is 1. The van der Waals surface area contributed by atoms with Gasteiger partial charge in [0.05, 0.1) is 10.7 Å². The first-order valence-corrected chi connectivity index (χ1v) is 6.84. The third-order valence-corrected chi connectivity index (χ3v) is 3.62. The summed E-state index contributed by atoms with van der Waals surface area (Å²) < 4.78 is 0. The Labute approximate surface area is 119 Å². The smallest absolute Gasteiger partial charge is 0.0660 e. The Bertz CT molecular complexity index is 566. The van der Waals surface area contributed by atoms with E-state index in [9.17, 15) is 0 Å². The molecule has 0 saturated carbocycles. The Morgan fingerprint density at radius 1 is 1.16 bits per heavy atom. The van der Waals surface area contributed by atoms with Gasteiger partial charge in [-0.1, -0.05) is 35.9 Å². The Morgan fingerprint density at radius 2 is 1.89 bits per heavy atom. The zero-order chi connectivity index (χ0) is 13.8. The van der Waals surface area contributed by atoms with Crippen LogP contribution in [-0.2, 0) is 6.54 Å². The molecule has 2 rings (SSSR count). The largest absolute Gasteiger partial charge is 0.399 e. The number of anilines is 2. The maximum atomic E-state index is 6.29. The lowest BCUT2D eigenvalue weighted by Gasteiger charge is -2.25. The molecule has 19 heavy (non-hydrogen) atoms. The van der Waals surface area contributed by atoms with E-state index < -0.39 is 0 Å². The minimum Gasteiger partial charge on any atom is -0.399 e. The third kappa shape index (κ3) is 3.21. The van der Waals surface area contributed by atoms with Gasteiger partial charge in [0.15, 0.2) is 0 Å². The second-order valence-corrected chi connectivity index (χ2v) is 5.06. The van der Waals surface area contributed by atoms with Crippen molar-refractivity contribution in [2.24, 2.45) is 0 Å². The summed E-state index contributed by atoms with van der Waals surface area (Å²) in [5.41, 5.74) is 10.1. The fourth-order valence-electron chi connectivity index (χ4n) is 2.14. The summed E-state index contributed by atoms with van der Waals surface area (Å²) in [6, 6.07) is 14.1. The number of nitrogens with zero attached hydrogens (tertiary/aromatic N) is 1. The average molecular weight is 275 g/mol. The Kier molecular flexibility index (Phi) is 4.33. The highest BCUT2D eigenvalue weighted by Gasteiger charge is 2.10. The van der Waals surface area contributed by atoms with Gasteiger partial charge >= 0.3 is 0 Å². The average Bonchev–Trinajstić information content (AvgIpc) is 2.39.